The number of halogens is 1. The summed E-state index contributed by atoms with van der Waals surface area (Å²) in [6.45, 7) is -1.69. The van der Waals surface area contributed by atoms with Crippen molar-refractivity contribution in [2.24, 2.45) is 0 Å². The molecule has 1 rings (SSSR count). The molecule has 1 saturated heterocycles. The van der Waals surface area contributed by atoms with Crippen molar-refractivity contribution in [3.8, 4) is 0 Å². The topological polar surface area (TPSA) is 278 Å². The van der Waals surface area contributed by atoms with Crippen LogP contribution in [0.4, 0.5) is 0 Å². The predicted molar refractivity (Wildman–Crippen MR) is 92.6 cm³/mol. The van der Waals surface area contributed by atoms with Crippen LogP contribution >= 0.6 is 11.6 Å². The summed E-state index contributed by atoms with van der Waals surface area (Å²) in [5.74, 6) is -1.33. The molecule has 0 radical (unpaired) electrons. The maximum atomic E-state index is 10.0. The predicted octanol–water partition coefficient (Wildman–Crippen LogP) is -8.42. The van der Waals surface area contributed by atoms with Crippen LogP contribution in [0.25, 0.3) is 0 Å². The average Bonchev–Trinajstić information content (AvgIpc) is 3.60. The zero-order valence-electron chi connectivity index (χ0n) is 16.1. The number of aliphatic carboxylic acids is 1. The van der Waals surface area contributed by atoms with Gasteiger partial charge in [-0.15, -0.1) is 18.2 Å². The number of carboxylic acids is 1. The van der Waals surface area contributed by atoms with Gasteiger partial charge in [-0.2, -0.15) is 0 Å². The molecule has 0 aliphatic carbocycles. The summed E-state index contributed by atoms with van der Waals surface area (Å²) in [6, 6.07) is 0. The average molecular weight is 525 g/mol. The van der Waals surface area contributed by atoms with Crippen molar-refractivity contribution < 1.29 is 87.9 Å². The van der Waals surface area contributed by atoms with Crippen LogP contribution in [-0.4, -0.2) is 144 Å². The molecule has 1 heterocycles. The zero-order chi connectivity index (χ0) is 24.0. The van der Waals surface area contributed by atoms with Gasteiger partial charge in [-0.1, -0.05) is 0 Å². The Hall–Kier alpha value is -0.201. The maximum Gasteiger partial charge on any atom is 2.00 e. The molecule has 0 aromatic heterocycles. The normalized spacial score (nSPS) is 22.4. The van der Waals surface area contributed by atoms with Crippen LogP contribution in [0.2, 0.25) is 0 Å². The van der Waals surface area contributed by atoms with E-state index in [0.29, 0.717) is 12.0 Å². The molecule has 9 atom stereocenters. The number of epoxide rings is 1. The first-order valence-corrected chi connectivity index (χ1v) is 9.05. The van der Waals surface area contributed by atoms with Gasteiger partial charge in [-0.05, 0) is 0 Å². The van der Waals surface area contributed by atoms with E-state index in [-0.39, 0.29) is 17.1 Å². The Morgan fingerprint density at radius 1 is 0.871 bits per heavy atom. The number of hydrogen-bond acceptors (Lipinski definition) is 14. The van der Waals surface area contributed by atoms with Gasteiger partial charge in [0, 0.05) is 0 Å². The van der Waals surface area contributed by atoms with Crippen molar-refractivity contribution in [2.45, 2.75) is 54.9 Å². The van der Waals surface area contributed by atoms with Gasteiger partial charge in [0.25, 0.3) is 0 Å². The molecule has 188 valence electrons. The largest absolute Gasteiger partial charge is 2.00 e. The van der Waals surface area contributed by atoms with Crippen LogP contribution < -0.4 is 10.2 Å². The number of rotatable bonds is 11. The summed E-state index contributed by atoms with van der Waals surface area (Å²) in [5.41, 5.74) is 0. The number of aliphatic hydroxyl groups is 10. The van der Waals surface area contributed by atoms with Crippen LogP contribution in [0.1, 0.15) is 0 Å². The molecule has 0 aromatic carbocycles. The number of hydrogen-bond donors (Lipinski definition) is 10. The van der Waals surface area contributed by atoms with Crippen molar-refractivity contribution in [1.82, 2.24) is 0 Å². The second-order valence-corrected chi connectivity index (χ2v) is 6.38. The van der Waals surface area contributed by atoms with Gasteiger partial charge in [0.2, 0.25) is 0 Å². The van der Waals surface area contributed by atoms with Crippen LogP contribution in [0.3, 0.4) is 0 Å². The van der Waals surface area contributed by atoms with E-state index in [1.807, 2.05) is 0 Å². The standard InChI is InChI=1S/C6H11O7.C6H14O6.C3H5ClO.Fe/c7-1-2(8)3(9)4(10)5(11)6(12)13;7-1-3(9)5(11)6(12)4(10)2-8;4-1-3-2-5-3;/h2-5,8-11H,1H2,(H,12,13);3-12H,1-2H2;3H,1-2H2;/q-1;;;+2/p-1/t2-,3-,4+,5-;3-,4+,5-,6-;;/m11../s1. The molecule has 1 aliphatic heterocycles. The molecule has 14 nitrogen and oxygen atoms in total. The van der Waals surface area contributed by atoms with Gasteiger partial charge in [-0.3, -0.25) is 0 Å². The molecule has 1 unspecified atom stereocenters. The number of carbonyl (C=O) groups is 1. The minimum atomic E-state index is -2.34. The van der Waals surface area contributed by atoms with E-state index in [2.05, 4.69) is 0 Å². The Labute approximate surface area is 193 Å². The Bertz CT molecular complexity index is 432. The van der Waals surface area contributed by atoms with Crippen molar-refractivity contribution in [3.05, 3.63) is 0 Å². The number of alkyl halides is 1. The monoisotopic (exact) mass is 524 g/mol. The molecule has 31 heavy (non-hydrogen) atoms. The molecule has 0 aromatic rings. The molecule has 10 N–H and O–H groups in total. The number of carboxylic acid groups (broad SMARTS) is 1. The zero-order valence-corrected chi connectivity index (χ0v) is 17.9. The fourth-order valence-electron chi connectivity index (χ4n) is 1.48. The molecular weight excluding hydrogens is 495 g/mol. The molecular formula is C15H29ClFeO14. The second-order valence-electron chi connectivity index (χ2n) is 6.07. The summed E-state index contributed by atoms with van der Waals surface area (Å²) in [5, 5.41) is 107. The van der Waals surface area contributed by atoms with Crippen molar-refractivity contribution in [2.75, 3.05) is 32.3 Å². The van der Waals surface area contributed by atoms with Crippen molar-refractivity contribution in [3.63, 3.8) is 0 Å². The third-order valence-electron chi connectivity index (χ3n) is 3.57. The van der Waals surface area contributed by atoms with Gasteiger partial charge in [0.1, 0.15) is 42.7 Å². The SMILES string of the molecule is ClCC1CO1.O=C([O-])[C@H](O)[C@@H](O)[C@H](O)[C@H](O)C[O-].OC[C@@H](O)[C@@H](O)[C@H](O)[C@@H](O)CO.[Fe+2]. The minimum Gasteiger partial charge on any atom is -0.853 e. The van der Waals surface area contributed by atoms with Crippen LogP contribution in [0.15, 0.2) is 0 Å². The quantitative estimate of drug-likeness (QED) is 0.0682. The molecule has 0 bridgehead atoms. The Morgan fingerprint density at radius 3 is 1.42 bits per heavy atom. The maximum absolute atomic E-state index is 10.0. The third-order valence-corrected chi connectivity index (χ3v) is 3.91. The summed E-state index contributed by atoms with van der Waals surface area (Å²) in [7, 11) is 0. The van der Waals surface area contributed by atoms with E-state index >= 15 is 0 Å². The Morgan fingerprint density at radius 2 is 1.23 bits per heavy atom. The summed E-state index contributed by atoms with van der Waals surface area (Å²) >= 11 is 5.27. The fraction of sp³-hybridized carbons (Fsp3) is 0.933. The van der Waals surface area contributed by atoms with E-state index in [4.69, 9.17) is 67.4 Å². The number of ether oxygens (including phenoxy) is 1. The summed E-state index contributed by atoms with van der Waals surface area (Å²) in [6.07, 6.45) is -14.3. The molecule has 0 amide bonds. The van der Waals surface area contributed by atoms with E-state index < -0.39 is 74.6 Å². The third kappa shape index (κ3) is 15.3. The van der Waals surface area contributed by atoms with E-state index in [1.165, 1.54) is 0 Å². The van der Waals surface area contributed by atoms with Crippen LogP contribution in [0, 0.1) is 0 Å². The minimum absolute atomic E-state index is 0. The van der Waals surface area contributed by atoms with Crippen LogP contribution in [-0.2, 0) is 26.6 Å². The van der Waals surface area contributed by atoms with E-state index in [0.717, 1.165) is 6.61 Å². The number of carbonyl (C=O) groups excluding carboxylic acids is 1. The summed E-state index contributed by atoms with van der Waals surface area (Å²) < 4.78 is 4.73. The van der Waals surface area contributed by atoms with Crippen molar-refractivity contribution in [1.29, 1.82) is 0 Å². The van der Waals surface area contributed by atoms with Gasteiger partial charge in [0.15, 0.2) is 0 Å². The van der Waals surface area contributed by atoms with Gasteiger partial charge in [-0.25, -0.2) is 0 Å². The first-order chi connectivity index (χ1) is 13.9. The molecule has 0 spiro atoms. The first-order valence-electron chi connectivity index (χ1n) is 8.52. The molecule has 1 aliphatic rings. The van der Waals surface area contributed by atoms with Gasteiger partial charge >= 0.3 is 17.1 Å². The fourth-order valence-corrected chi connectivity index (χ4v) is 1.66. The Kier molecular flexibility index (Phi) is 22.0. The first kappa shape index (κ1) is 35.4. The number of aliphatic hydroxyl groups excluding tert-OH is 10. The summed E-state index contributed by atoms with van der Waals surface area (Å²) in [4.78, 5) is 9.96. The smallest absolute Gasteiger partial charge is 0.853 e. The molecule has 0 saturated carbocycles. The van der Waals surface area contributed by atoms with Crippen LogP contribution in [0.5, 0.6) is 0 Å². The van der Waals surface area contributed by atoms with Gasteiger partial charge in [0.05, 0.1) is 43.9 Å². The second kappa shape index (κ2) is 19.3. The van der Waals surface area contributed by atoms with Crippen molar-refractivity contribution >= 4 is 17.6 Å². The Balaban J connectivity index is -0.000000403. The van der Waals surface area contributed by atoms with E-state index in [9.17, 15) is 15.0 Å². The van der Waals surface area contributed by atoms with E-state index in [1.54, 1.807) is 0 Å². The molecule has 16 heteroatoms. The molecule has 1 fully saturated rings. The van der Waals surface area contributed by atoms with Gasteiger partial charge < -0.3 is 70.8 Å².